The van der Waals surface area contributed by atoms with Crippen LogP contribution >= 0.6 is 22.6 Å². The van der Waals surface area contributed by atoms with E-state index in [-0.39, 0.29) is 0 Å². The molecule has 104 valence electrons. The molecule has 0 unspecified atom stereocenters. The predicted molar refractivity (Wildman–Crippen MR) is 83.7 cm³/mol. The summed E-state index contributed by atoms with van der Waals surface area (Å²) in [4.78, 5) is 12.1. The lowest BCUT2D eigenvalue weighted by molar-refractivity contribution is 0.0733. The van der Waals surface area contributed by atoms with Gasteiger partial charge in [-0.1, -0.05) is 18.2 Å². The lowest BCUT2D eigenvalue weighted by Crippen LogP contribution is -2.09. The van der Waals surface area contributed by atoms with Gasteiger partial charge < -0.3 is 14.2 Å². The number of benzene rings is 2. The number of carbonyl (C=O) groups excluding carboxylic acids is 1. The zero-order chi connectivity index (χ0) is 14.5. The fraction of sp³-hybridized carbons (Fsp3) is 0.133. The highest BCUT2D eigenvalue weighted by Crippen LogP contribution is 2.35. The third kappa shape index (κ3) is 3.22. The Hall–Kier alpha value is -1.76. The number of halogens is 1. The number of esters is 1. The van der Waals surface area contributed by atoms with E-state index >= 15 is 0 Å². The van der Waals surface area contributed by atoms with Crippen LogP contribution in [0.1, 0.15) is 10.4 Å². The van der Waals surface area contributed by atoms with Crippen molar-refractivity contribution in [3.63, 3.8) is 0 Å². The molecule has 0 atom stereocenters. The molecule has 0 radical (unpaired) electrons. The van der Waals surface area contributed by atoms with Crippen LogP contribution in [0.25, 0.3) is 0 Å². The van der Waals surface area contributed by atoms with Gasteiger partial charge in [-0.25, -0.2) is 4.79 Å². The summed E-state index contributed by atoms with van der Waals surface area (Å²) in [6, 6.07) is 12.2. The zero-order valence-corrected chi connectivity index (χ0v) is 13.2. The first-order valence-corrected chi connectivity index (χ1v) is 6.92. The van der Waals surface area contributed by atoms with Gasteiger partial charge in [-0.3, -0.25) is 0 Å². The van der Waals surface area contributed by atoms with E-state index in [2.05, 4.69) is 22.6 Å². The second-order valence-corrected chi connectivity index (χ2v) is 4.98. The van der Waals surface area contributed by atoms with Crippen LogP contribution in [0.2, 0.25) is 0 Å². The van der Waals surface area contributed by atoms with Crippen molar-refractivity contribution < 1.29 is 19.0 Å². The summed E-state index contributed by atoms with van der Waals surface area (Å²) < 4.78 is 16.5. The van der Waals surface area contributed by atoms with Crippen LogP contribution in [0.3, 0.4) is 0 Å². The smallest absolute Gasteiger partial charge is 0.343 e. The van der Waals surface area contributed by atoms with Crippen LogP contribution in [-0.4, -0.2) is 20.2 Å². The maximum Gasteiger partial charge on any atom is 0.343 e. The Morgan fingerprint density at radius 3 is 2.25 bits per heavy atom. The molecular formula is C15H13IO4. The van der Waals surface area contributed by atoms with Gasteiger partial charge in [-0.2, -0.15) is 0 Å². The molecule has 0 amide bonds. The molecule has 5 heteroatoms. The van der Waals surface area contributed by atoms with Crippen LogP contribution in [-0.2, 0) is 0 Å². The van der Waals surface area contributed by atoms with E-state index in [1.807, 2.05) is 6.07 Å². The fourth-order valence-electron chi connectivity index (χ4n) is 1.62. The zero-order valence-electron chi connectivity index (χ0n) is 11.1. The SMILES string of the molecule is COc1cc(OC)c(I)c(OC(=O)c2ccccc2)c1. The summed E-state index contributed by atoms with van der Waals surface area (Å²) in [6.45, 7) is 0. The first kappa shape index (κ1) is 14.6. The minimum absolute atomic E-state index is 0.413. The molecule has 0 aliphatic carbocycles. The second kappa shape index (κ2) is 6.60. The molecule has 0 spiro atoms. The van der Waals surface area contributed by atoms with Crippen LogP contribution < -0.4 is 14.2 Å². The van der Waals surface area contributed by atoms with Crippen molar-refractivity contribution in [3.05, 3.63) is 51.6 Å². The number of carbonyl (C=O) groups is 1. The molecule has 0 fully saturated rings. The van der Waals surface area contributed by atoms with Gasteiger partial charge in [-0.05, 0) is 34.7 Å². The van der Waals surface area contributed by atoms with Crippen molar-refractivity contribution >= 4 is 28.6 Å². The standard InChI is InChI=1S/C15H13IO4/c1-18-11-8-12(19-2)14(16)13(9-11)20-15(17)10-6-4-3-5-7-10/h3-9H,1-2H3. The number of ether oxygens (including phenoxy) is 3. The third-order valence-corrected chi connectivity index (χ3v) is 3.71. The van der Waals surface area contributed by atoms with Gasteiger partial charge >= 0.3 is 5.97 Å². The first-order chi connectivity index (χ1) is 9.65. The largest absolute Gasteiger partial charge is 0.496 e. The molecule has 0 aliphatic rings. The van der Waals surface area contributed by atoms with E-state index in [1.165, 1.54) is 0 Å². The fourth-order valence-corrected chi connectivity index (χ4v) is 2.26. The van der Waals surface area contributed by atoms with Crippen molar-refractivity contribution in [2.24, 2.45) is 0 Å². The minimum atomic E-state index is -0.418. The van der Waals surface area contributed by atoms with Crippen molar-refractivity contribution in [3.8, 4) is 17.2 Å². The van der Waals surface area contributed by atoms with Gasteiger partial charge in [-0.15, -0.1) is 0 Å². The second-order valence-electron chi connectivity index (χ2n) is 3.90. The Bertz CT molecular complexity index is 611. The Balaban J connectivity index is 2.31. The molecule has 0 heterocycles. The summed E-state index contributed by atoms with van der Waals surface area (Å²) in [5.74, 6) is 1.16. The molecule has 2 aromatic rings. The van der Waals surface area contributed by atoms with Gasteiger partial charge in [0.25, 0.3) is 0 Å². The summed E-state index contributed by atoms with van der Waals surface area (Å²) in [7, 11) is 3.10. The summed E-state index contributed by atoms with van der Waals surface area (Å²) in [5.41, 5.74) is 0.491. The quantitative estimate of drug-likeness (QED) is 0.460. The monoisotopic (exact) mass is 384 g/mol. The molecule has 0 aromatic heterocycles. The van der Waals surface area contributed by atoms with E-state index in [1.54, 1.807) is 50.6 Å². The maximum absolute atomic E-state index is 12.1. The van der Waals surface area contributed by atoms with Crippen molar-refractivity contribution in [2.75, 3.05) is 14.2 Å². The lowest BCUT2D eigenvalue weighted by atomic mass is 10.2. The van der Waals surface area contributed by atoms with Gasteiger partial charge in [0.1, 0.15) is 11.5 Å². The highest BCUT2D eigenvalue weighted by molar-refractivity contribution is 14.1. The number of hydrogen-bond acceptors (Lipinski definition) is 4. The first-order valence-electron chi connectivity index (χ1n) is 5.84. The Morgan fingerprint density at radius 2 is 1.65 bits per heavy atom. The summed E-state index contributed by atoms with van der Waals surface area (Å²) >= 11 is 2.07. The van der Waals surface area contributed by atoms with Gasteiger partial charge in [0.2, 0.25) is 0 Å². The van der Waals surface area contributed by atoms with Crippen molar-refractivity contribution in [1.29, 1.82) is 0 Å². The molecular weight excluding hydrogens is 371 g/mol. The summed E-state index contributed by atoms with van der Waals surface area (Å²) in [6.07, 6.45) is 0. The van der Waals surface area contributed by atoms with E-state index < -0.39 is 5.97 Å². The molecule has 20 heavy (non-hydrogen) atoms. The van der Waals surface area contributed by atoms with Crippen LogP contribution in [0, 0.1) is 3.57 Å². The molecule has 2 rings (SSSR count). The molecule has 0 saturated heterocycles. The maximum atomic E-state index is 12.1. The van der Waals surface area contributed by atoms with E-state index in [9.17, 15) is 4.79 Å². The number of hydrogen-bond donors (Lipinski definition) is 0. The third-order valence-electron chi connectivity index (χ3n) is 2.65. The van der Waals surface area contributed by atoms with Gasteiger partial charge in [0, 0.05) is 12.1 Å². The van der Waals surface area contributed by atoms with E-state index in [0.717, 1.165) is 3.57 Å². The summed E-state index contributed by atoms with van der Waals surface area (Å²) in [5, 5.41) is 0. The van der Waals surface area contributed by atoms with Crippen molar-refractivity contribution in [2.45, 2.75) is 0 Å². The van der Waals surface area contributed by atoms with Gasteiger partial charge in [0.15, 0.2) is 5.75 Å². The van der Waals surface area contributed by atoms with Crippen LogP contribution in [0.5, 0.6) is 17.2 Å². The highest BCUT2D eigenvalue weighted by Gasteiger charge is 2.15. The Labute approximate surface area is 130 Å². The number of methoxy groups -OCH3 is 2. The molecule has 0 saturated carbocycles. The molecule has 0 bridgehead atoms. The van der Waals surface area contributed by atoms with Gasteiger partial charge in [0.05, 0.1) is 23.4 Å². The highest BCUT2D eigenvalue weighted by atomic mass is 127. The minimum Gasteiger partial charge on any atom is -0.496 e. The average Bonchev–Trinajstić information content (AvgIpc) is 2.50. The van der Waals surface area contributed by atoms with Crippen LogP contribution in [0.4, 0.5) is 0 Å². The van der Waals surface area contributed by atoms with Crippen LogP contribution in [0.15, 0.2) is 42.5 Å². The predicted octanol–water partition coefficient (Wildman–Crippen LogP) is 3.53. The normalized spacial score (nSPS) is 9.95. The number of rotatable bonds is 4. The topological polar surface area (TPSA) is 44.8 Å². The average molecular weight is 384 g/mol. The van der Waals surface area contributed by atoms with Crippen molar-refractivity contribution in [1.82, 2.24) is 0 Å². The molecule has 4 nitrogen and oxygen atoms in total. The Morgan fingerprint density at radius 1 is 1.00 bits per heavy atom. The van der Waals surface area contributed by atoms with E-state index in [0.29, 0.717) is 22.8 Å². The molecule has 0 aliphatic heterocycles. The molecule has 0 N–H and O–H groups in total. The Kier molecular flexibility index (Phi) is 4.84. The molecule has 2 aromatic carbocycles. The van der Waals surface area contributed by atoms with E-state index in [4.69, 9.17) is 14.2 Å². The lowest BCUT2D eigenvalue weighted by Gasteiger charge is -2.12.